The second-order valence-corrected chi connectivity index (χ2v) is 12.3. The lowest BCUT2D eigenvalue weighted by atomic mass is 9.86. The van der Waals surface area contributed by atoms with Gasteiger partial charge in [-0.1, -0.05) is 60.7 Å². The number of sulfonamides is 1. The fourth-order valence-electron chi connectivity index (χ4n) is 5.17. The highest BCUT2D eigenvalue weighted by Gasteiger charge is 2.48. The Morgan fingerprint density at radius 1 is 0.972 bits per heavy atom. The van der Waals surface area contributed by atoms with Crippen LogP contribution in [0.25, 0.3) is 0 Å². The highest BCUT2D eigenvalue weighted by molar-refractivity contribution is 7.90. The maximum absolute atomic E-state index is 14.1. The quantitative estimate of drug-likeness (QED) is 0.562. The molecule has 8 nitrogen and oxygen atoms in total. The van der Waals surface area contributed by atoms with E-state index in [1.807, 2.05) is 36.4 Å². The van der Waals surface area contributed by atoms with E-state index < -0.39 is 14.8 Å². The molecule has 0 bridgehead atoms. The molecule has 2 amide bonds. The first-order valence-corrected chi connectivity index (χ1v) is 14.1. The maximum Gasteiger partial charge on any atom is 0.239 e. The fraction of sp³-hybridized carbons (Fsp3) is 0.481. The lowest BCUT2D eigenvalue weighted by Gasteiger charge is -2.39. The Bertz CT molecular complexity index is 1110. The predicted molar refractivity (Wildman–Crippen MR) is 139 cm³/mol. The monoisotopic (exact) mass is 512 g/mol. The molecule has 4 rings (SSSR count). The third kappa shape index (κ3) is 5.48. The first-order chi connectivity index (χ1) is 17.2. The van der Waals surface area contributed by atoms with Gasteiger partial charge in [0.05, 0.1) is 13.1 Å². The van der Waals surface area contributed by atoms with Gasteiger partial charge in [-0.25, -0.2) is 8.42 Å². The molecule has 0 radical (unpaired) electrons. The van der Waals surface area contributed by atoms with E-state index >= 15 is 0 Å². The SMILES string of the molecule is CC(c1ccccc1)(c1ccccc1)S(=O)(=O)N1CCN(CC(=O)NCC2CCC(N)CC2)C(=O)C1. The van der Waals surface area contributed by atoms with E-state index in [1.54, 1.807) is 31.2 Å². The molecule has 0 unspecified atom stereocenters. The molecule has 1 saturated carbocycles. The van der Waals surface area contributed by atoms with Crippen LogP contribution in [0.4, 0.5) is 0 Å². The Kier molecular flexibility index (Phi) is 8.12. The summed E-state index contributed by atoms with van der Waals surface area (Å²) < 4.78 is 28.0. The first-order valence-electron chi connectivity index (χ1n) is 12.6. The van der Waals surface area contributed by atoms with Crippen molar-refractivity contribution < 1.29 is 18.0 Å². The summed E-state index contributed by atoms with van der Waals surface area (Å²) in [4.78, 5) is 26.9. The molecule has 9 heteroatoms. The van der Waals surface area contributed by atoms with Crippen LogP contribution in [0, 0.1) is 5.92 Å². The molecule has 0 spiro atoms. The highest BCUT2D eigenvalue weighted by Crippen LogP contribution is 2.39. The van der Waals surface area contributed by atoms with E-state index in [2.05, 4.69) is 5.32 Å². The molecule has 2 aromatic carbocycles. The van der Waals surface area contributed by atoms with Gasteiger partial charge in [0.2, 0.25) is 21.8 Å². The Morgan fingerprint density at radius 3 is 2.06 bits per heavy atom. The Hall–Kier alpha value is -2.75. The number of carbonyl (C=O) groups excluding carboxylic acids is 2. The van der Waals surface area contributed by atoms with Crippen molar-refractivity contribution in [2.24, 2.45) is 11.7 Å². The third-order valence-electron chi connectivity index (χ3n) is 7.60. The Labute approximate surface area is 213 Å². The number of nitrogens with one attached hydrogen (secondary N) is 1. The topological polar surface area (TPSA) is 113 Å². The van der Waals surface area contributed by atoms with Crippen molar-refractivity contribution >= 4 is 21.8 Å². The molecule has 2 aromatic rings. The van der Waals surface area contributed by atoms with Crippen LogP contribution < -0.4 is 11.1 Å². The van der Waals surface area contributed by atoms with Gasteiger partial charge >= 0.3 is 0 Å². The number of nitrogens with zero attached hydrogens (tertiary/aromatic N) is 2. The number of nitrogens with two attached hydrogens (primary N) is 1. The van der Waals surface area contributed by atoms with E-state index in [0.717, 1.165) is 25.7 Å². The number of rotatable bonds is 8. The Balaban J connectivity index is 1.43. The molecule has 1 heterocycles. The van der Waals surface area contributed by atoms with Crippen LogP contribution in [0.3, 0.4) is 0 Å². The standard InChI is InChI=1S/C27H36N4O4S/c1-27(22-8-4-2-5-9-22,23-10-6-3-7-11-23)36(34,35)31-17-16-30(26(33)20-31)19-25(32)29-18-21-12-14-24(28)15-13-21/h2-11,21,24H,12-20,28H2,1H3,(H,29,32). The normalized spacial score (nSPS) is 21.8. The molecule has 1 aliphatic carbocycles. The van der Waals surface area contributed by atoms with Crippen molar-refractivity contribution in [1.82, 2.24) is 14.5 Å². The first kappa shape index (κ1) is 26.3. The Morgan fingerprint density at radius 2 is 1.53 bits per heavy atom. The molecule has 194 valence electrons. The molecule has 1 aliphatic heterocycles. The van der Waals surface area contributed by atoms with Crippen molar-refractivity contribution in [1.29, 1.82) is 0 Å². The fourth-order valence-corrected chi connectivity index (χ4v) is 7.16. The van der Waals surface area contributed by atoms with Gasteiger partial charge in [0.1, 0.15) is 4.75 Å². The summed E-state index contributed by atoms with van der Waals surface area (Å²) in [5, 5.41) is 2.94. The molecular formula is C27H36N4O4S. The summed E-state index contributed by atoms with van der Waals surface area (Å²) >= 11 is 0. The van der Waals surface area contributed by atoms with E-state index in [1.165, 1.54) is 9.21 Å². The summed E-state index contributed by atoms with van der Waals surface area (Å²) in [5.41, 5.74) is 7.22. The molecule has 0 atom stereocenters. The van der Waals surface area contributed by atoms with Gasteiger partial charge in [0, 0.05) is 25.7 Å². The smallest absolute Gasteiger partial charge is 0.239 e. The molecule has 0 aromatic heterocycles. The van der Waals surface area contributed by atoms with Gasteiger partial charge in [0.15, 0.2) is 0 Å². The minimum atomic E-state index is -3.97. The predicted octanol–water partition coefficient (Wildman–Crippen LogP) is 2.06. The van der Waals surface area contributed by atoms with Crippen LogP contribution in [-0.4, -0.2) is 68.2 Å². The summed E-state index contributed by atoms with van der Waals surface area (Å²) in [6, 6.07) is 18.4. The van der Waals surface area contributed by atoms with Gasteiger partial charge in [-0.05, 0) is 49.7 Å². The third-order valence-corrected chi connectivity index (χ3v) is 10.1. The number of amides is 2. The van der Waals surface area contributed by atoms with Crippen molar-refractivity contribution in [2.45, 2.75) is 43.4 Å². The minimum Gasteiger partial charge on any atom is -0.354 e. The van der Waals surface area contributed by atoms with Crippen LogP contribution in [-0.2, 0) is 24.4 Å². The van der Waals surface area contributed by atoms with Crippen LogP contribution in [0.5, 0.6) is 0 Å². The lowest BCUT2D eigenvalue weighted by Crippen LogP contribution is -2.57. The van der Waals surface area contributed by atoms with E-state index in [4.69, 9.17) is 5.73 Å². The number of hydrogen-bond acceptors (Lipinski definition) is 5. The van der Waals surface area contributed by atoms with Crippen molar-refractivity contribution in [3.63, 3.8) is 0 Å². The molecule has 36 heavy (non-hydrogen) atoms. The number of carbonyl (C=O) groups is 2. The van der Waals surface area contributed by atoms with Gasteiger partial charge in [-0.2, -0.15) is 4.31 Å². The molecule has 2 fully saturated rings. The number of piperazine rings is 1. The average molecular weight is 513 g/mol. The van der Waals surface area contributed by atoms with E-state index in [0.29, 0.717) is 23.6 Å². The van der Waals surface area contributed by atoms with Crippen molar-refractivity contribution in [3.8, 4) is 0 Å². The van der Waals surface area contributed by atoms with E-state index in [-0.39, 0.29) is 44.0 Å². The zero-order valence-corrected chi connectivity index (χ0v) is 21.6. The van der Waals surface area contributed by atoms with Crippen LogP contribution >= 0.6 is 0 Å². The van der Waals surface area contributed by atoms with Gasteiger partial charge in [0.25, 0.3) is 0 Å². The van der Waals surface area contributed by atoms with Crippen molar-refractivity contribution in [3.05, 3.63) is 71.8 Å². The zero-order chi connectivity index (χ0) is 25.8. The van der Waals surface area contributed by atoms with Gasteiger partial charge < -0.3 is 16.0 Å². The summed E-state index contributed by atoms with van der Waals surface area (Å²) in [7, 11) is -3.97. The molecular weight excluding hydrogens is 476 g/mol. The summed E-state index contributed by atoms with van der Waals surface area (Å²) in [6.45, 7) is 2.23. The summed E-state index contributed by atoms with van der Waals surface area (Å²) in [6.07, 6.45) is 3.94. The molecule has 3 N–H and O–H groups in total. The average Bonchev–Trinajstić information content (AvgIpc) is 2.90. The minimum absolute atomic E-state index is 0.0619. The second-order valence-electron chi connectivity index (χ2n) is 10.0. The molecule has 1 saturated heterocycles. The van der Waals surface area contributed by atoms with Crippen LogP contribution in [0.1, 0.15) is 43.7 Å². The van der Waals surface area contributed by atoms with Crippen molar-refractivity contribution in [2.75, 3.05) is 32.7 Å². The maximum atomic E-state index is 14.1. The second kappa shape index (κ2) is 11.1. The lowest BCUT2D eigenvalue weighted by molar-refractivity contribution is -0.138. The summed E-state index contributed by atoms with van der Waals surface area (Å²) in [5.74, 6) is -0.167. The number of hydrogen-bond donors (Lipinski definition) is 2. The largest absolute Gasteiger partial charge is 0.354 e. The van der Waals surface area contributed by atoms with Gasteiger partial charge in [-0.3, -0.25) is 9.59 Å². The van der Waals surface area contributed by atoms with Crippen LogP contribution in [0.2, 0.25) is 0 Å². The van der Waals surface area contributed by atoms with Crippen LogP contribution in [0.15, 0.2) is 60.7 Å². The van der Waals surface area contributed by atoms with E-state index in [9.17, 15) is 18.0 Å². The molecule has 2 aliphatic rings. The zero-order valence-electron chi connectivity index (χ0n) is 20.8. The van der Waals surface area contributed by atoms with Gasteiger partial charge in [-0.15, -0.1) is 0 Å². The number of benzene rings is 2. The highest BCUT2D eigenvalue weighted by atomic mass is 32.2.